The second-order valence-electron chi connectivity index (χ2n) is 6.94. The molecule has 144 valence electrons. The molecule has 1 aliphatic heterocycles. The number of halogens is 1. The molecule has 2 heterocycles. The fraction of sp³-hybridized carbons (Fsp3) is 0.273. The van der Waals surface area contributed by atoms with E-state index in [1.54, 1.807) is 12.3 Å². The minimum atomic E-state index is -0.167. The number of rotatable bonds is 5. The van der Waals surface area contributed by atoms with Gasteiger partial charge in [0.15, 0.2) is 0 Å². The minimum Gasteiger partial charge on any atom is -0.366 e. The van der Waals surface area contributed by atoms with Crippen molar-refractivity contribution in [3.63, 3.8) is 0 Å². The third-order valence-electron chi connectivity index (χ3n) is 5.08. The first-order chi connectivity index (χ1) is 13.7. The minimum absolute atomic E-state index is 0.120. The van der Waals surface area contributed by atoms with E-state index < -0.39 is 0 Å². The SMILES string of the molecule is CC(Nc1nccc(N2CCN(c3ccccc3F)CC2)n1)c1ccccc1. The van der Waals surface area contributed by atoms with Crippen molar-refractivity contribution in [3.8, 4) is 0 Å². The van der Waals surface area contributed by atoms with Crippen LogP contribution in [0.3, 0.4) is 0 Å². The van der Waals surface area contributed by atoms with Crippen LogP contribution in [-0.2, 0) is 0 Å². The lowest BCUT2D eigenvalue weighted by Gasteiger charge is -2.36. The summed E-state index contributed by atoms with van der Waals surface area (Å²) in [4.78, 5) is 13.4. The highest BCUT2D eigenvalue weighted by Gasteiger charge is 2.20. The topological polar surface area (TPSA) is 44.3 Å². The molecular formula is C22H24FN5. The molecule has 1 fully saturated rings. The van der Waals surface area contributed by atoms with Crippen molar-refractivity contribution in [2.45, 2.75) is 13.0 Å². The zero-order valence-electron chi connectivity index (χ0n) is 15.9. The molecule has 6 heteroatoms. The second kappa shape index (κ2) is 8.25. The summed E-state index contributed by atoms with van der Waals surface area (Å²) in [6, 6.07) is 19.2. The van der Waals surface area contributed by atoms with Crippen LogP contribution in [-0.4, -0.2) is 36.1 Å². The van der Waals surface area contributed by atoms with Crippen molar-refractivity contribution < 1.29 is 4.39 Å². The van der Waals surface area contributed by atoms with Crippen molar-refractivity contribution >= 4 is 17.5 Å². The number of nitrogens with one attached hydrogen (secondary N) is 1. The first-order valence-electron chi connectivity index (χ1n) is 9.59. The van der Waals surface area contributed by atoms with Crippen LogP contribution in [0.2, 0.25) is 0 Å². The number of hydrogen-bond acceptors (Lipinski definition) is 5. The van der Waals surface area contributed by atoms with E-state index in [-0.39, 0.29) is 11.9 Å². The van der Waals surface area contributed by atoms with E-state index in [2.05, 4.69) is 44.1 Å². The molecule has 2 aromatic carbocycles. The number of nitrogens with zero attached hydrogens (tertiary/aromatic N) is 4. The summed E-state index contributed by atoms with van der Waals surface area (Å²) in [5, 5.41) is 3.37. The Kier molecular flexibility index (Phi) is 5.37. The molecule has 1 saturated heterocycles. The summed E-state index contributed by atoms with van der Waals surface area (Å²) in [5.41, 5.74) is 1.86. The first kappa shape index (κ1) is 18.2. The summed E-state index contributed by atoms with van der Waals surface area (Å²) in [6.45, 7) is 5.19. The molecule has 0 saturated carbocycles. The molecule has 3 aromatic rings. The van der Waals surface area contributed by atoms with Gasteiger partial charge in [-0.1, -0.05) is 42.5 Å². The second-order valence-corrected chi connectivity index (χ2v) is 6.94. The van der Waals surface area contributed by atoms with Gasteiger partial charge in [0.05, 0.1) is 11.7 Å². The largest absolute Gasteiger partial charge is 0.366 e. The van der Waals surface area contributed by atoms with Crippen LogP contribution >= 0.6 is 0 Å². The molecule has 0 spiro atoms. The quantitative estimate of drug-likeness (QED) is 0.725. The number of benzene rings is 2. The van der Waals surface area contributed by atoms with E-state index in [1.807, 2.05) is 36.4 Å². The Morgan fingerprint density at radius 3 is 2.32 bits per heavy atom. The van der Waals surface area contributed by atoms with Crippen LogP contribution < -0.4 is 15.1 Å². The monoisotopic (exact) mass is 377 g/mol. The number of piperazine rings is 1. The third kappa shape index (κ3) is 4.06. The molecule has 1 atom stereocenters. The normalized spacial score (nSPS) is 15.4. The van der Waals surface area contributed by atoms with Crippen LogP contribution in [0.15, 0.2) is 66.9 Å². The van der Waals surface area contributed by atoms with Gasteiger partial charge in [-0.2, -0.15) is 4.98 Å². The summed E-state index contributed by atoms with van der Waals surface area (Å²) in [6.07, 6.45) is 1.78. The standard InChI is InChI=1S/C22H24FN5/c1-17(18-7-3-2-4-8-18)25-22-24-12-11-21(26-22)28-15-13-27(14-16-28)20-10-6-5-9-19(20)23/h2-12,17H,13-16H2,1H3,(H,24,25,26). The van der Waals surface area contributed by atoms with Gasteiger partial charge < -0.3 is 15.1 Å². The van der Waals surface area contributed by atoms with Crippen LogP contribution in [0.25, 0.3) is 0 Å². The first-order valence-corrected chi connectivity index (χ1v) is 9.59. The van der Waals surface area contributed by atoms with Crippen LogP contribution in [0.4, 0.5) is 21.8 Å². The van der Waals surface area contributed by atoms with Gasteiger partial charge in [-0.05, 0) is 30.7 Å². The van der Waals surface area contributed by atoms with Gasteiger partial charge in [0.2, 0.25) is 5.95 Å². The molecule has 0 bridgehead atoms. The maximum Gasteiger partial charge on any atom is 0.225 e. The van der Waals surface area contributed by atoms with Crippen LogP contribution in [0.5, 0.6) is 0 Å². The molecule has 1 aromatic heterocycles. The molecule has 0 radical (unpaired) electrons. The highest BCUT2D eigenvalue weighted by molar-refractivity contribution is 5.51. The van der Waals surface area contributed by atoms with Crippen LogP contribution in [0.1, 0.15) is 18.5 Å². The summed E-state index contributed by atoms with van der Waals surface area (Å²) >= 11 is 0. The van der Waals surface area contributed by atoms with E-state index in [9.17, 15) is 4.39 Å². The fourth-order valence-electron chi connectivity index (χ4n) is 3.50. The predicted molar refractivity (Wildman–Crippen MR) is 111 cm³/mol. The smallest absolute Gasteiger partial charge is 0.225 e. The Morgan fingerprint density at radius 1 is 0.893 bits per heavy atom. The predicted octanol–water partition coefficient (Wildman–Crippen LogP) is 4.12. The van der Waals surface area contributed by atoms with Gasteiger partial charge in [0, 0.05) is 32.4 Å². The van der Waals surface area contributed by atoms with E-state index in [0.717, 1.165) is 32.0 Å². The van der Waals surface area contributed by atoms with E-state index in [0.29, 0.717) is 11.6 Å². The maximum atomic E-state index is 14.0. The zero-order chi connectivity index (χ0) is 19.3. The van der Waals surface area contributed by atoms with Crippen molar-refractivity contribution in [2.24, 2.45) is 0 Å². The average Bonchev–Trinajstić information content (AvgIpc) is 2.75. The number of aromatic nitrogens is 2. The van der Waals surface area contributed by atoms with Crippen molar-refractivity contribution in [1.29, 1.82) is 0 Å². The molecule has 28 heavy (non-hydrogen) atoms. The van der Waals surface area contributed by atoms with Crippen LogP contribution in [0, 0.1) is 5.82 Å². The van der Waals surface area contributed by atoms with E-state index in [1.165, 1.54) is 11.6 Å². The third-order valence-corrected chi connectivity index (χ3v) is 5.08. The number of hydrogen-bond donors (Lipinski definition) is 1. The lowest BCUT2D eigenvalue weighted by Crippen LogP contribution is -2.47. The molecule has 1 unspecified atom stereocenters. The fourth-order valence-corrected chi connectivity index (χ4v) is 3.50. The lowest BCUT2D eigenvalue weighted by molar-refractivity contribution is 0.596. The Hall–Kier alpha value is -3.15. The Morgan fingerprint density at radius 2 is 1.57 bits per heavy atom. The summed E-state index contributed by atoms with van der Waals surface area (Å²) < 4.78 is 14.0. The van der Waals surface area contributed by atoms with Gasteiger partial charge in [0.1, 0.15) is 11.6 Å². The average molecular weight is 377 g/mol. The van der Waals surface area contributed by atoms with Gasteiger partial charge >= 0.3 is 0 Å². The Bertz CT molecular complexity index is 910. The van der Waals surface area contributed by atoms with Gasteiger partial charge in [0.25, 0.3) is 0 Å². The van der Waals surface area contributed by atoms with Crippen molar-refractivity contribution in [3.05, 3.63) is 78.2 Å². The zero-order valence-corrected chi connectivity index (χ0v) is 15.9. The van der Waals surface area contributed by atoms with E-state index >= 15 is 0 Å². The number of para-hydroxylation sites is 1. The molecule has 4 rings (SSSR count). The molecule has 1 aliphatic rings. The van der Waals surface area contributed by atoms with Gasteiger partial charge in [-0.15, -0.1) is 0 Å². The van der Waals surface area contributed by atoms with Crippen molar-refractivity contribution in [1.82, 2.24) is 9.97 Å². The molecule has 0 amide bonds. The summed E-state index contributed by atoms with van der Waals surface area (Å²) in [7, 11) is 0. The maximum absolute atomic E-state index is 14.0. The number of anilines is 3. The Labute approximate surface area is 164 Å². The lowest BCUT2D eigenvalue weighted by atomic mass is 10.1. The highest BCUT2D eigenvalue weighted by Crippen LogP contribution is 2.23. The van der Waals surface area contributed by atoms with Gasteiger partial charge in [-0.25, -0.2) is 9.37 Å². The summed E-state index contributed by atoms with van der Waals surface area (Å²) in [5.74, 6) is 1.34. The molecule has 5 nitrogen and oxygen atoms in total. The van der Waals surface area contributed by atoms with E-state index in [4.69, 9.17) is 0 Å². The molecule has 0 aliphatic carbocycles. The highest BCUT2D eigenvalue weighted by atomic mass is 19.1. The molecule has 1 N–H and O–H groups in total. The van der Waals surface area contributed by atoms with Crippen molar-refractivity contribution in [2.75, 3.05) is 41.3 Å². The molecular weight excluding hydrogens is 353 g/mol. The Balaban J connectivity index is 1.41. The van der Waals surface area contributed by atoms with Gasteiger partial charge in [-0.3, -0.25) is 0 Å².